The summed E-state index contributed by atoms with van der Waals surface area (Å²) in [5.41, 5.74) is 1.82. The van der Waals surface area contributed by atoms with E-state index in [9.17, 15) is 0 Å². The van der Waals surface area contributed by atoms with Gasteiger partial charge in [0.05, 0.1) is 10.6 Å². The predicted molar refractivity (Wildman–Crippen MR) is 88.2 cm³/mol. The Hall–Kier alpha value is -1.98. The first-order valence-corrected chi connectivity index (χ1v) is 8.07. The Bertz CT molecular complexity index is 678. The molecule has 0 radical (unpaired) electrons. The summed E-state index contributed by atoms with van der Waals surface area (Å²) in [6.45, 7) is 0. The van der Waals surface area contributed by atoms with Gasteiger partial charge in [-0.3, -0.25) is 0 Å². The topological polar surface area (TPSA) is 33.0 Å². The van der Waals surface area contributed by atoms with Gasteiger partial charge in [0.25, 0.3) is 0 Å². The lowest BCUT2D eigenvalue weighted by Gasteiger charge is -2.32. The van der Waals surface area contributed by atoms with Crippen molar-refractivity contribution in [1.82, 2.24) is 0 Å². The molecule has 1 fully saturated rings. The van der Waals surface area contributed by atoms with E-state index in [1.54, 1.807) is 12.1 Å². The van der Waals surface area contributed by atoms with E-state index >= 15 is 0 Å². The molecule has 2 atom stereocenters. The molecule has 3 rings (SSSR count). The van der Waals surface area contributed by atoms with Crippen LogP contribution in [0.5, 0.6) is 5.75 Å². The molecule has 3 heteroatoms. The van der Waals surface area contributed by atoms with Crippen molar-refractivity contribution in [3.8, 4) is 11.8 Å². The Kier molecular flexibility index (Phi) is 4.65. The minimum atomic E-state index is 0.167. The second-order valence-corrected chi connectivity index (χ2v) is 6.12. The molecule has 22 heavy (non-hydrogen) atoms. The van der Waals surface area contributed by atoms with Crippen molar-refractivity contribution in [3.05, 3.63) is 64.7 Å². The van der Waals surface area contributed by atoms with Crippen LogP contribution in [0.15, 0.2) is 48.5 Å². The van der Waals surface area contributed by atoms with Crippen molar-refractivity contribution in [3.63, 3.8) is 0 Å². The summed E-state index contributed by atoms with van der Waals surface area (Å²) in [7, 11) is 0. The van der Waals surface area contributed by atoms with Gasteiger partial charge in [-0.2, -0.15) is 5.26 Å². The van der Waals surface area contributed by atoms with Crippen LogP contribution in [0, 0.1) is 11.3 Å². The smallest absolute Gasteiger partial charge is 0.121 e. The number of hydrogen-bond acceptors (Lipinski definition) is 2. The average Bonchev–Trinajstić information content (AvgIpc) is 2.56. The maximum absolute atomic E-state index is 8.95. The molecule has 1 aliphatic rings. The van der Waals surface area contributed by atoms with Crippen LogP contribution >= 0.6 is 11.6 Å². The number of rotatable bonds is 3. The number of ether oxygens (including phenoxy) is 1. The van der Waals surface area contributed by atoms with Gasteiger partial charge >= 0.3 is 0 Å². The van der Waals surface area contributed by atoms with Crippen LogP contribution in [0.4, 0.5) is 0 Å². The van der Waals surface area contributed by atoms with Crippen molar-refractivity contribution >= 4 is 11.6 Å². The molecule has 1 saturated carbocycles. The summed E-state index contributed by atoms with van der Waals surface area (Å²) in [6.07, 6.45) is 4.81. The fourth-order valence-electron chi connectivity index (χ4n) is 3.15. The molecule has 112 valence electrons. The largest absolute Gasteiger partial charge is 0.490 e. The van der Waals surface area contributed by atoms with Crippen LogP contribution in [-0.2, 0) is 0 Å². The first kappa shape index (κ1) is 14.9. The number of halogens is 1. The zero-order valence-corrected chi connectivity index (χ0v) is 13.1. The first-order valence-electron chi connectivity index (χ1n) is 7.69. The average molecular weight is 312 g/mol. The monoisotopic (exact) mass is 311 g/mol. The Labute approximate surface area is 136 Å². The number of nitrogens with zero attached hydrogens (tertiary/aromatic N) is 1. The lowest BCUT2D eigenvalue weighted by molar-refractivity contribution is 0.130. The van der Waals surface area contributed by atoms with E-state index < -0.39 is 0 Å². The molecular weight excluding hydrogens is 294 g/mol. The highest BCUT2D eigenvalue weighted by Gasteiger charge is 2.28. The van der Waals surface area contributed by atoms with Crippen molar-refractivity contribution in [2.45, 2.75) is 37.7 Å². The van der Waals surface area contributed by atoms with Crippen LogP contribution in [0.25, 0.3) is 0 Å². The normalized spacial score (nSPS) is 21.1. The summed E-state index contributed by atoms with van der Waals surface area (Å²) < 4.78 is 6.21. The number of nitriles is 1. The molecule has 2 aromatic rings. The summed E-state index contributed by atoms with van der Waals surface area (Å²) in [5, 5.41) is 9.40. The first-order chi connectivity index (χ1) is 10.8. The third-order valence-corrected chi connectivity index (χ3v) is 4.59. The Morgan fingerprint density at radius 1 is 1.05 bits per heavy atom. The van der Waals surface area contributed by atoms with Gasteiger partial charge in [0, 0.05) is 12.0 Å². The second-order valence-electron chi connectivity index (χ2n) is 5.71. The van der Waals surface area contributed by atoms with Crippen LogP contribution in [0.3, 0.4) is 0 Å². The number of benzene rings is 2. The van der Waals surface area contributed by atoms with E-state index in [1.165, 1.54) is 18.4 Å². The highest BCUT2D eigenvalue weighted by molar-refractivity contribution is 6.31. The maximum atomic E-state index is 8.95. The van der Waals surface area contributed by atoms with Crippen molar-refractivity contribution in [1.29, 1.82) is 5.26 Å². The molecule has 0 unspecified atom stereocenters. The van der Waals surface area contributed by atoms with Crippen molar-refractivity contribution in [2.75, 3.05) is 0 Å². The zero-order valence-electron chi connectivity index (χ0n) is 12.3. The second kappa shape index (κ2) is 6.85. The minimum absolute atomic E-state index is 0.167. The third kappa shape index (κ3) is 3.26. The summed E-state index contributed by atoms with van der Waals surface area (Å²) in [4.78, 5) is 0. The van der Waals surface area contributed by atoms with E-state index in [2.05, 4.69) is 30.3 Å². The van der Waals surface area contributed by atoms with Gasteiger partial charge < -0.3 is 4.74 Å². The third-order valence-electron chi connectivity index (χ3n) is 4.28. The highest BCUT2D eigenvalue weighted by Crippen LogP contribution is 2.36. The van der Waals surface area contributed by atoms with E-state index in [0.29, 0.717) is 16.5 Å². The summed E-state index contributed by atoms with van der Waals surface area (Å²) in [6, 6.07) is 17.9. The van der Waals surface area contributed by atoms with Crippen molar-refractivity contribution in [2.24, 2.45) is 0 Å². The molecule has 0 aliphatic heterocycles. The molecule has 2 nitrogen and oxygen atoms in total. The van der Waals surface area contributed by atoms with Crippen LogP contribution in [0.2, 0.25) is 5.02 Å². The molecule has 0 heterocycles. The molecule has 0 saturated heterocycles. The van der Waals surface area contributed by atoms with E-state index in [0.717, 1.165) is 18.6 Å². The molecular formula is C19H18ClNO. The summed E-state index contributed by atoms with van der Waals surface area (Å²) >= 11 is 6.10. The predicted octanol–water partition coefficient (Wildman–Crippen LogP) is 5.32. The molecule has 0 N–H and O–H groups in total. The quantitative estimate of drug-likeness (QED) is 0.769. The molecule has 0 amide bonds. The van der Waals surface area contributed by atoms with Crippen LogP contribution < -0.4 is 4.74 Å². The Balaban J connectivity index is 1.80. The highest BCUT2D eigenvalue weighted by atomic mass is 35.5. The van der Waals surface area contributed by atoms with Crippen molar-refractivity contribution < 1.29 is 4.74 Å². The SMILES string of the molecule is N#Cc1ccc(O[C@@H]2CCCC[C@@H]2c2ccccc2)cc1Cl. The van der Waals surface area contributed by atoms with Gasteiger partial charge in [0.2, 0.25) is 0 Å². The van der Waals surface area contributed by atoms with Crippen LogP contribution in [0.1, 0.15) is 42.7 Å². The molecule has 0 spiro atoms. The van der Waals surface area contributed by atoms with Gasteiger partial charge in [-0.1, -0.05) is 48.4 Å². The number of hydrogen-bond donors (Lipinski definition) is 0. The van der Waals surface area contributed by atoms with Gasteiger partial charge in [0.1, 0.15) is 17.9 Å². The fourth-order valence-corrected chi connectivity index (χ4v) is 3.37. The summed E-state index contributed by atoms with van der Waals surface area (Å²) in [5.74, 6) is 1.17. The molecule has 1 aliphatic carbocycles. The lowest BCUT2D eigenvalue weighted by atomic mass is 9.81. The maximum Gasteiger partial charge on any atom is 0.121 e. The zero-order chi connectivity index (χ0) is 15.4. The lowest BCUT2D eigenvalue weighted by Crippen LogP contribution is -2.28. The molecule has 0 aromatic heterocycles. The van der Waals surface area contributed by atoms with Gasteiger partial charge in [0.15, 0.2) is 0 Å². The van der Waals surface area contributed by atoms with E-state index in [-0.39, 0.29) is 6.10 Å². The van der Waals surface area contributed by atoms with Gasteiger partial charge in [-0.05, 0) is 37.0 Å². The Morgan fingerprint density at radius 3 is 2.55 bits per heavy atom. The molecule has 0 bridgehead atoms. The standard InChI is InChI=1S/C19H18ClNO/c20-18-12-16(11-10-15(18)13-21)22-19-9-5-4-8-17(19)14-6-2-1-3-7-14/h1-3,6-7,10-12,17,19H,4-5,8-9H2/t17-,19-/m1/s1. The minimum Gasteiger partial charge on any atom is -0.490 e. The fraction of sp³-hybridized carbons (Fsp3) is 0.316. The Morgan fingerprint density at radius 2 is 1.82 bits per heavy atom. The molecule has 2 aromatic carbocycles. The van der Waals surface area contributed by atoms with E-state index in [1.807, 2.05) is 12.1 Å². The van der Waals surface area contributed by atoms with Crippen LogP contribution in [-0.4, -0.2) is 6.10 Å². The van der Waals surface area contributed by atoms with Gasteiger partial charge in [-0.15, -0.1) is 0 Å². The van der Waals surface area contributed by atoms with Gasteiger partial charge in [-0.25, -0.2) is 0 Å². The van der Waals surface area contributed by atoms with E-state index in [4.69, 9.17) is 21.6 Å².